The maximum Gasteiger partial charge on any atom is 0.232 e. The van der Waals surface area contributed by atoms with Gasteiger partial charge in [-0.05, 0) is 54.3 Å². The van der Waals surface area contributed by atoms with Crippen LogP contribution in [0, 0.1) is 11.2 Å². The van der Waals surface area contributed by atoms with Gasteiger partial charge in [-0.3, -0.25) is 4.79 Å². The molecule has 0 atom stereocenters. The number of hydrogen-bond donors (Lipinski definition) is 2. The highest BCUT2D eigenvalue weighted by Crippen LogP contribution is 2.39. The number of carbonyl (C=O) groups is 1. The molecule has 27 heavy (non-hydrogen) atoms. The molecule has 10 heteroatoms. The topological polar surface area (TPSA) is 108 Å². The quantitative estimate of drug-likeness (QED) is 0.797. The number of amides is 1. The van der Waals surface area contributed by atoms with Crippen LogP contribution in [0.4, 0.5) is 10.1 Å². The summed E-state index contributed by atoms with van der Waals surface area (Å²) in [6.07, 6.45) is 3.14. The second kappa shape index (κ2) is 7.87. The van der Waals surface area contributed by atoms with Crippen LogP contribution in [0.25, 0.3) is 5.69 Å². The van der Waals surface area contributed by atoms with Crippen molar-refractivity contribution < 1.29 is 13.9 Å². The van der Waals surface area contributed by atoms with E-state index in [1.807, 2.05) is 0 Å². The highest BCUT2D eigenvalue weighted by Gasteiger charge is 2.39. The minimum Gasteiger partial charge on any atom is -0.381 e. The lowest BCUT2D eigenvalue weighted by Crippen LogP contribution is -2.46. The molecule has 2 heterocycles. The lowest BCUT2D eigenvalue weighted by atomic mass is 9.79. The van der Waals surface area contributed by atoms with E-state index in [9.17, 15) is 9.18 Å². The molecule has 4 rings (SSSR count). The molecule has 0 radical (unpaired) electrons. The Kier molecular flexibility index (Phi) is 5.73. The number of aromatic nitrogens is 4. The van der Waals surface area contributed by atoms with Crippen molar-refractivity contribution >= 4 is 24.0 Å². The molecule has 146 valence electrons. The molecule has 0 spiro atoms. The summed E-state index contributed by atoms with van der Waals surface area (Å²) in [4.78, 5) is 12.8. The van der Waals surface area contributed by atoms with Crippen LogP contribution >= 0.6 is 12.4 Å². The maximum atomic E-state index is 14.4. The van der Waals surface area contributed by atoms with Gasteiger partial charge in [0.2, 0.25) is 5.91 Å². The monoisotopic (exact) mass is 396 g/mol. The zero-order valence-corrected chi connectivity index (χ0v) is 15.5. The number of halogens is 2. The van der Waals surface area contributed by atoms with Gasteiger partial charge in [-0.15, -0.1) is 17.5 Å². The molecule has 1 aromatic carbocycles. The van der Waals surface area contributed by atoms with Crippen molar-refractivity contribution in [2.24, 2.45) is 11.1 Å². The number of carbonyl (C=O) groups excluding carboxylic acids is 1. The van der Waals surface area contributed by atoms with Crippen LogP contribution in [0.1, 0.15) is 37.4 Å². The number of rotatable bonds is 5. The zero-order chi connectivity index (χ0) is 18.1. The number of ether oxygens (including phenoxy) is 1. The van der Waals surface area contributed by atoms with E-state index in [1.54, 1.807) is 6.07 Å². The Morgan fingerprint density at radius 3 is 2.78 bits per heavy atom. The van der Waals surface area contributed by atoms with Crippen LogP contribution in [0.15, 0.2) is 18.2 Å². The maximum absolute atomic E-state index is 14.4. The van der Waals surface area contributed by atoms with E-state index < -0.39 is 11.2 Å². The van der Waals surface area contributed by atoms with E-state index in [-0.39, 0.29) is 36.5 Å². The lowest BCUT2D eigenvalue weighted by Gasteiger charge is -2.34. The number of benzene rings is 1. The molecular weight excluding hydrogens is 375 g/mol. The number of nitrogens with one attached hydrogen (secondary N) is 1. The number of hydrogen-bond acceptors (Lipinski definition) is 6. The van der Waals surface area contributed by atoms with Crippen LogP contribution in [-0.2, 0) is 9.53 Å². The predicted molar refractivity (Wildman–Crippen MR) is 98.5 cm³/mol. The second-order valence-electron chi connectivity index (χ2n) is 6.94. The summed E-state index contributed by atoms with van der Waals surface area (Å²) < 4.78 is 21.1. The van der Waals surface area contributed by atoms with Crippen LogP contribution < -0.4 is 11.1 Å². The SMILES string of the molecule is Cl.NCC1(C(=O)Nc2ccc(F)c(-n3nnnc3C3CC3)c2)CCOCC1. The Bertz CT molecular complexity index is 820. The Hall–Kier alpha value is -2.10. The third kappa shape index (κ3) is 3.80. The molecule has 0 bridgehead atoms. The number of nitrogens with two attached hydrogens (primary N) is 1. The van der Waals surface area contributed by atoms with Crippen molar-refractivity contribution in [1.29, 1.82) is 0 Å². The van der Waals surface area contributed by atoms with Crippen molar-refractivity contribution in [3.63, 3.8) is 0 Å². The van der Waals surface area contributed by atoms with Gasteiger partial charge in [0.1, 0.15) is 11.5 Å². The molecule has 0 unspecified atom stereocenters. The molecule has 1 saturated carbocycles. The van der Waals surface area contributed by atoms with E-state index >= 15 is 0 Å². The van der Waals surface area contributed by atoms with Gasteiger partial charge in [0.25, 0.3) is 0 Å². The molecule has 3 N–H and O–H groups in total. The van der Waals surface area contributed by atoms with Crippen molar-refractivity contribution in [3.8, 4) is 5.69 Å². The van der Waals surface area contributed by atoms with E-state index in [4.69, 9.17) is 10.5 Å². The van der Waals surface area contributed by atoms with E-state index in [0.717, 1.165) is 12.8 Å². The first-order valence-electron chi connectivity index (χ1n) is 8.80. The highest BCUT2D eigenvalue weighted by atomic mass is 35.5. The van der Waals surface area contributed by atoms with E-state index in [2.05, 4.69) is 20.8 Å². The average molecular weight is 397 g/mol. The van der Waals surface area contributed by atoms with Crippen molar-refractivity contribution in [2.75, 3.05) is 25.1 Å². The standard InChI is InChI=1S/C17H21FN6O2.ClH/c18-13-4-3-12(20-16(25)17(10-19)5-7-26-8-6-17)9-14(13)24-15(11-1-2-11)21-22-23-24;/h3-4,9,11H,1-2,5-8,10,19H2,(H,20,25);1H. The zero-order valence-electron chi connectivity index (χ0n) is 14.7. The van der Waals surface area contributed by atoms with E-state index in [0.29, 0.717) is 37.6 Å². The normalized spacial score (nSPS) is 18.6. The van der Waals surface area contributed by atoms with Crippen LogP contribution in [-0.4, -0.2) is 45.9 Å². The molecule has 2 fully saturated rings. The number of anilines is 1. The smallest absolute Gasteiger partial charge is 0.232 e. The molecule has 1 aromatic heterocycles. The molecule has 2 aromatic rings. The first-order chi connectivity index (χ1) is 12.6. The summed E-state index contributed by atoms with van der Waals surface area (Å²) in [7, 11) is 0. The van der Waals surface area contributed by atoms with Gasteiger partial charge in [-0.2, -0.15) is 4.68 Å². The van der Waals surface area contributed by atoms with Crippen LogP contribution in [0.5, 0.6) is 0 Å². The van der Waals surface area contributed by atoms with Gasteiger partial charge in [0.15, 0.2) is 5.82 Å². The highest BCUT2D eigenvalue weighted by molar-refractivity contribution is 5.95. The molecule has 1 aliphatic carbocycles. The minimum atomic E-state index is -0.652. The first kappa shape index (κ1) is 19.7. The lowest BCUT2D eigenvalue weighted by molar-refractivity contribution is -0.130. The number of nitrogens with zero attached hydrogens (tertiary/aromatic N) is 4. The van der Waals surface area contributed by atoms with Crippen LogP contribution in [0.2, 0.25) is 0 Å². The summed E-state index contributed by atoms with van der Waals surface area (Å²) >= 11 is 0. The summed E-state index contributed by atoms with van der Waals surface area (Å²) in [5, 5.41) is 14.5. The molecule has 2 aliphatic rings. The molecular formula is C17H22ClFN6O2. The Labute approximate surface area is 162 Å². The Balaban J connectivity index is 0.00000210. The molecule has 1 amide bonds. The summed E-state index contributed by atoms with van der Waals surface area (Å²) in [5.41, 5.74) is 5.94. The molecule has 8 nitrogen and oxygen atoms in total. The molecule has 1 aliphatic heterocycles. The fraction of sp³-hybridized carbons (Fsp3) is 0.529. The fourth-order valence-corrected chi connectivity index (χ4v) is 3.26. The fourth-order valence-electron chi connectivity index (χ4n) is 3.26. The predicted octanol–water partition coefficient (Wildman–Crippen LogP) is 1.79. The Morgan fingerprint density at radius 2 is 2.11 bits per heavy atom. The van der Waals surface area contributed by atoms with Gasteiger partial charge in [0, 0.05) is 31.4 Å². The summed E-state index contributed by atoms with van der Waals surface area (Å²) in [6.45, 7) is 1.26. The van der Waals surface area contributed by atoms with Gasteiger partial charge < -0.3 is 15.8 Å². The third-order valence-electron chi connectivity index (χ3n) is 5.19. The van der Waals surface area contributed by atoms with Crippen molar-refractivity contribution in [2.45, 2.75) is 31.6 Å². The Morgan fingerprint density at radius 1 is 1.37 bits per heavy atom. The van der Waals surface area contributed by atoms with Crippen molar-refractivity contribution in [3.05, 3.63) is 29.8 Å². The van der Waals surface area contributed by atoms with Crippen LogP contribution in [0.3, 0.4) is 0 Å². The largest absolute Gasteiger partial charge is 0.381 e. The average Bonchev–Trinajstić information content (AvgIpc) is 3.40. The third-order valence-corrected chi connectivity index (χ3v) is 5.19. The van der Waals surface area contributed by atoms with E-state index in [1.165, 1.54) is 16.8 Å². The van der Waals surface area contributed by atoms with Gasteiger partial charge >= 0.3 is 0 Å². The second-order valence-corrected chi connectivity index (χ2v) is 6.94. The summed E-state index contributed by atoms with van der Waals surface area (Å²) in [6, 6.07) is 4.39. The first-order valence-corrected chi connectivity index (χ1v) is 8.80. The number of tetrazole rings is 1. The van der Waals surface area contributed by atoms with Gasteiger partial charge in [-0.1, -0.05) is 0 Å². The minimum absolute atomic E-state index is 0. The molecule has 1 saturated heterocycles. The van der Waals surface area contributed by atoms with Crippen molar-refractivity contribution in [1.82, 2.24) is 20.2 Å². The van der Waals surface area contributed by atoms with Gasteiger partial charge in [-0.25, -0.2) is 4.39 Å². The summed E-state index contributed by atoms with van der Waals surface area (Å²) in [5.74, 6) is 0.303. The van der Waals surface area contributed by atoms with Gasteiger partial charge in [0.05, 0.1) is 5.41 Å².